The number of nitro benzene ring substituents is 3. The summed E-state index contributed by atoms with van der Waals surface area (Å²) in [5.41, 5.74) is -2.61. The molecule has 0 spiro atoms. The molecule has 108 valence electrons. The van der Waals surface area contributed by atoms with Gasteiger partial charge in [-0.1, -0.05) is 19.8 Å². The Balaban J connectivity index is 3.39. The summed E-state index contributed by atoms with van der Waals surface area (Å²) >= 11 is 0. The van der Waals surface area contributed by atoms with E-state index in [2.05, 4.69) is 5.32 Å². The number of rotatable bonds is 7. The molecule has 10 heteroatoms. The van der Waals surface area contributed by atoms with Gasteiger partial charge in [0.05, 0.1) is 26.9 Å². The summed E-state index contributed by atoms with van der Waals surface area (Å²) in [5, 5.41) is 36.3. The third-order valence-corrected chi connectivity index (χ3v) is 2.44. The summed E-state index contributed by atoms with van der Waals surface area (Å²) in [4.78, 5) is 29.7. The summed E-state index contributed by atoms with van der Waals surface area (Å²) < 4.78 is 0. The van der Waals surface area contributed by atoms with Gasteiger partial charge in [-0.2, -0.15) is 0 Å². The molecule has 0 aliphatic rings. The fourth-order valence-electron chi connectivity index (χ4n) is 1.48. The van der Waals surface area contributed by atoms with Gasteiger partial charge in [-0.25, -0.2) is 0 Å². The summed E-state index contributed by atoms with van der Waals surface area (Å²) in [5.74, 6) is 0. The van der Waals surface area contributed by atoms with Crippen molar-refractivity contribution in [2.24, 2.45) is 0 Å². The van der Waals surface area contributed by atoms with Crippen LogP contribution in [0.25, 0.3) is 5.32 Å². The number of hydrogen-bond acceptors (Lipinski definition) is 6. The maximum atomic E-state index is 10.9. The monoisotopic (exact) mass is 283 g/mol. The Morgan fingerprint density at radius 2 is 1.50 bits per heavy atom. The van der Waals surface area contributed by atoms with Crippen LogP contribution in [0.4, 0.5) is 22.7 Å². The Hall–Kier alpha value is -2.78. The van der Waals surface area contributed by atoms with Gasteiger partial charge in [0.25, 0.3) is 17.1 Å². The van der Waals surface area contributed by atoms with Crippen molar-refractivity contribution in [1.29, 1.82) is 0 Å². The predicted molar refractivity (Wildman–Crippen MR) is 69.2 cm³/mol. The average Bonchev–Trinajstić information content (AvgIpc) is 2.37. The zero-order valence-electron chi connectivity index (χ0n) is 10.5. The van der Waals surface area contributed by atoms with E-state index in [1.807, 2.05) is 6.92 Å². The molecule has 0 aliphatic heterocycles. The molecule has 0 aromatic heterocycles. The second kappa shape index (κ2) is 6.41. The zero-order valence-corrected chi connectivity index (χ0v) is 10.5. The van der Waals surface area contributed by atoms with Crippen LogP contribution in [0.15, 0.2) is 12.1 Å². The lowest BCUT2D eigenvalue weighted by molar-refractivity contribution is -0.401. The van der Waals surface area contributed by atoms with Crippen LogP contribution in [0, 0.1) is 30.3 Å². The minimum absolute atomic E-state index is 0.177. The minimum Gasteiger partial charge on any atom is -0.673 e. The highest BCUT2D eigenvalue weighted by Crippen LogP contribution is 2.42. The van der Waals surface area contributed by atoms with Gasteiger partial charge in [-0.05, 0) is 0 Å². The molecule has 0 heterocycles. The average molecular weight is 283 g/mol. The lowest BCUT2D eigenvalue weighted by Gasteiger charge is -2.19. The van der Waals surface area contributed by atoms with Crippen molar-refractivity contribution >= 4 is 22.7 Å². The van der Waals surface area contributed by atoms with E-state index in [0.29, 0.717) is 18.6 Å². The first-order chi connectivity index (χ1) is 9.38. The number of non-ortho nitro benzene ring substituents is 1. The molecule has 0 atom stereocenters. The van der Waals surface area contributed by atoms with Crippen LogP contribution in [0.3, 0.4) is 0 Å². The Labute approximate surface area is 112 Å². The third kappa shape index (κ3) is 3.37. The molecule has 10 nitrogen and oxygen atoms in total. The van der Waals surface area contributed by atoms with Crippen LogP contribution >= 0.6 is 0 Å². The second-order valence-electron chi connectivity index (χ2n) is 3.84. The molecule has 0 amide bonds. The summed E-state index contributed by atoms with van der Waals surface area (Å²) in [6.07, 6.45) is 1.36. The molecule has 0 saturated heterocycles. The quantitative estimate of drug-likeness (QED) is 0.426. The van der Waals surface area contributed by atoms with Crippen molar-refractivity contribution in [2.75, 3.05) is 6.54 Å². The van der Waals surface area contributed by atoms with Crippen LogP contribution in [0.5, 0.6) is 0 Å². The fraction of sp³-hybridized carbons (Fsp3) is 0.400. The molecule has 1 rings (SSSR count). The summed E-state index contributed by atoms with van der Waals surface area (Å²) in [6.45, 7) is 2.05. The molecule has 0 bridgehead atoms. The molecule has 0 unspecified atom stereocenters. The first-order valence-electron chi connectivity index (χ1n) is 5.67. The third-order valence-electron chi connectivity index (χ3n) is 2.44. The number of benzene rings is 1. The van der Waals surface area contributed by atoms with E-state index < -0.39 is 37.5 Å². The van der Waals surface area contributed by atoms with Gasteiger partial charge in [-0.3, -0.25) is 30.3 Å². The number of nitrogens with zero attached hydrogens (tertiary/aromatic N) is 4. The first kappa shape index (κ1) is 15.3. The van der Waals surface area contributed by atoms with E-state index in [0.717, 1.165) is 6.42 Å². The molecule has 20 heavy (non-hydrogen) atoms. The molecule has 0 radical (unpaired) electrons. The number of hydrogen-bond donors (Lipinski definition) is 0. The van der Waals surface area contributed by atoms with Gasteiger partial charge in [0.1, 0.15) is 0 Å². The van der Waals surface area contributed by atoms with Gasteiger partial charge < -0.3 is 5.32 Å². The van der Waals surface area contributed by atoms with E-state index in [9.17, 15) is 30.3 Å². The Bertz CT molecular complexity index is 524. The number of unbranched alkanes of at least 4 members (excludes halogenated alkanes) is 1. The van der Waals surface area contributed by atoms with E-state index in [4.69, 9.17) is 0 Å². The zero-order chi connectivity index (χ0) is 15.3. The molecule has 0 fully saturated rings. The Morgan fingerprint density at radius 1 is 1.00 bits per heavy atom. The predicted octanol–water partition coefficient (Wildman–Crippen LogP) is 3.22. The van der Waals surface area contributed by atoms with E-state index in [1.165, 1.54) is 0 Å². The van der Waals surface area contributed by atoms with Crippen molar-refractivity contribution < 1.29 is 14.8 Å². The van der Waals surface area contributed by atoms with Crippen molar-refractivity contribution in [3.63, 3.8) is 0 Å². The topological polar surface area (TPSA) is 144 Å². The summed E-state index contributed by atoms with van der Waals surface area (Å²) in [6, 6.07) is 1.36. The second-order valence-corrected chi connectivity index (χ2v) is 3.84. The maximum Gasteiger partial charge on any atom is 0.283 e. The van der Waals surface area contributed by atoms with Gasteiger partial charge in [-0.15, -0.1) is 6.54 Å². The van der Waals surface area contributed by atoms with Gasteiger partial charge >= 0.3 is 0 Å². The largest absolute Gasteiger partial charge is 0.673 e. The molecule has 0 aliphatic carbocycles. The highest BCUT2D eigenvalue weighted by molar-refractivity contribution is 5.79. The van der Waals surface area contributed by atoms with Crippen LogP contribution < -0.4 is 0 Å². The molecular formula is C10H11N4O6-. The lowest BCUT2D eigenvalue weighted by Crippen LogP contribution is -1.99. The van der Waals surface area contributed by atoms with Crippen molar-refractivity contribution in [3.8, 4) is 0 Å². The standard InChI is InChI=1S/C10H11N4O6/c1-2-3-4-11-10-8(13(17)18)5-7(12(15)16)6-9(10)14(19)20/h5-6H,2-4H2,1H3/q-1. The SMILES string of the molecule is CCCC[N-]c1c([N+](=O)[O-])cc([N+](=O)[O-])cc1[N+](=O)[O-]. The summed E-state index contributed by atoms with van der Waals surface area (Å²) in [7, 11) is 0. The number of nitro groups is 3. The van der Waals surface area contributed by atoms with Crippen molar-refractivity contribution in [3.05, 3.63) is 47.8 Å². The first-order valence-corrected chi connectivity index (χ1v) is 5.67. The van der Waals surface area contributed by atoms with Crippen LogP contribution in [-0.2, 0) is 0 Å². The molecule has 1 aromatic rings. The highest BCUT2D eigenvalue weighted by Gasteiger charge is 2.25. The van der Waals surface area contributed by atoms with Gasteiger partial charge in [0, 0.05) is 5.69 Å². The van der Waals surface area contributed by atoms with Crippen LogP contribution in [0.2, 0.25) is 0 Å². The van der Waals surface area contributed by atoms with Crippen LogP contribution in [0.1, 0.15) is 19.8 Å². The lowest BCUT2D eigenvalue weighted by atomic mass is 10.2. The molecule has 0 N–H and O–H groups in total. The van der Waals surface area contributed by atoms with E-state index in [-0.39, 0.29) is 6.54 Å². The normalized spacial score (nSPS) is 10.1. The van der Waals surface area contributed by atoms with Crippen LogP contribution in [-0.4, -0.2) is 21.3 Å². The van der Waals surface area contributed by atoms with Gasteiger partial charge in [0.15, 0.2) is 0 Å². The fourth-order valence-corrected chi connectivity index (χ4v) is 1.48. The Morgan fingerprint density at radius 3 is 1.85 bits per heavy atom. The van der Waals surface area contributed by atoms with Crippen molar-refractivity contribution in [1.82, 2.24) is 0 Å². The van der Waals surface area contributed by atoms with Gasteiger partial charge in [0.2, 0.25) is 0 Å². The Kier molecular flexibility index (Phi) is 4.89. The smallest absolute Gasteiger partial charge is 0.283 e. The maximum absolute atomic E-state index is 10.9. The molecule has 1 aromatic carbocycles. The van der Waals surface area contributed by atoms with E-state index >= 15 is 0 Å². The molecule has 0 saturated carbocycles. The minimum atomic E-state index is -0.921. The van der Waals surface area contributed by atoms with Crippen molar-refractivity contribution in [2.45, 2.75) is 19.8 Å². The highest BCUT2D eigenvalue weighted by atomic mass is 16.6. The van der Waals surface area contributed by atoms with E-state index in [1.54, 1.807) is 0 Å². The molecular weight excluding hydrogens is 272 g/mol.